The molecule has 1 spiro atoms. The number of hydrogen-bond donors (Lipinski definition) is 1. The monoisotopic (exact) mass is 372 g/mol. The van der Waals surface area contributed by atoms with Crippen LogP contribution in [-0.2, 0) is 24.7 Å². The molecular formula is C19H20N2O4S. The number of ether oxygens (including phenoxy) is 2. The minimum absolute atomic E-state index is 0.246. The molecule has 2 aliphatic rings. The molecule has 1 N–H and O–H groups in total. The summed E-state index contributed by atoms with van der Waals surface area (Å²) in [5.41, 5.74) is -1.26. The molecule has 3 heterocycles. The molecule has 0 unspecified atom stereocenters. The SMILES string of the molecule is CC1(C)C[C@]2(C[C@@](C)(c3csc(Nc4ccccc4)n3)OC2=O)C(=O)O1. The molecule has 2 saturated heterocycles. The summed E-state index contributed by atoms with van der Waals surface area (Å²) in [6.45, 7) is 5.43. The van der Waals surface area contributed by atoms with Crippen molar-refractivity contribution in [3.8, 4) is 0 Å². The molecule has 6 nitrogen and oxygen atoms in total. The van der Waals surface area contributed by atoms with Gasteiger partial charge in [-0.15, -0.1) is 11.3 Å². The van der Waals surface area contributed by atoms with Gasteiger partial charge >= 0.3 is 11.9 Å². The van der Waals surface area contributed by atoms with Crippen LogP contribution in [0.1, 0.15) is 39.3 Å². The number of para-hydroxylation sites is 1. The standard InChI is InChI=1S/C19H20N2O4S/c1-17(2)10-19(14(22)24-17)11-18(3,25-15(19)23)13-9-26-16(21-13)20-12-7-5-4-6-8-12/h4-9H,10-11H2,1-3H3,(H,20,21)/t18-,19-/m0/s1. The highest BCUT2D eigenvalue weighted by molar-refractivity contribution is 7.13. The molecule has 0 bridgehead atoms. The van der Waals surface area contributed by atoms with E-state index in [0.29, 0.717) is 17.2 Å². The van der Waals surface area contributed by atoms with Gasteiger partial charge in [0.05, 0.1) is 5.69 Å². The molecule has 0 amide bonds. The molecule has 0 saturated carbocycles. The van der Waals surface area contributed by atoms with Gasteiger partial charge in [0.25, 0.3) is 0 Å². The number of hydrogen-bond acceptors (Lipinski definition) is 7. The number of nitrogens with zero attached hydrogens (tertiary/aromatic N) is 1. The van der Waals surface area contributed by atoms with Crippen molar-refractivity contribution in [2.75, 3.05) is 5.32 Å². The zero-order chi connectivity index (χ0) is 18.6. The van der Waals surface area contributed by atoms with Crippen molar-refractivity contribution in [1.82, 2.24) is 4.98 Å². The maximum absolute atomic E-state index is 12.6. The molecule has 0 radical (unpaired) electrons. The summed E-state index contributed by atoms with van der Waals surface area (Å²) in [6.07, 6.45) is 0.572. The molecule has 7 heteroatoms. The number of benzene rings is 1. The summed E-state index contributed by atoms with van der Waals surface area (Å²) in [5.74, 6) is -1.00. The van der Waals surface area contributed by atoms with Crippen molar-refractivity contribution in [3.05, 3.63) is 41.4 Å². The van der Waals surface area contributed by atoms with Crippen LogP contribution >= 0.6 is 11.3 Å². The Labute approximate surface area is 155 Å². The second-order valence-corrected chi connectivity index (χ2v) is 8.59. The van der Waals surface area contributed by atoms with Crippen molar-refractivity contribution in [3.63, 3.8) is 0 Å². The summed E-state index contributed by atoms with van der Waals surface area (Å²) < 4.78 is 11.1. The van der Waals surface area contributed by atoms with Crippen molar-refractivity contribution in [2.45, 2.75) is 44.8 Å². The third-order valence-corrected chi connectivity index (χ3v) is 5.66. The number of carbonyl (C=O) groups is 2. The van der Waals surface area contributed by atoms with E-state index in [9.17, 15) is 9.59 Å². The minimum atomic E-state index is -1.23. The van der Waals surface area contributed by atoms with E-state index >= 15 is 0 Å². The van der Waals surface area contributed by atoms with Crippen LogP contribution in [0.5, 0.6) is 0 Å². The number of nitrogens with one attached hydrogen (secondary N) is 1. The third-order valence-electron chi connectivity index (χ3n) is 4.91. The van der Waals surface area contributed by atoms with Gasteiger partial charge in [-0.25, -0.2) is 4.98 Å². The first-order valence-electron chi connectivity index (χ1n) is 8.48. The van der Waals surface area contributed by atoms with Gasteiger partial charge < -0.3 is 14.8 Å². The van der Waals surface area contributed by atoms with E-state index in [0.717, 1.165) is 5.69 Å². The Hall–Kier alpha value is -2.41. The summed E-state index contributed by atoms with van der Waals surface area (Å²) in [5, 5.41) is 5.81. The van der Waals surface area contributed by atoms with Crippen molar-refractivity contribution < 1.29 is 19.1 Å². The lowest BCUT2D eigenvalue weighted by molar-refractivity contribution is -0.161. The van der Waals surface area contributed by atoms with Crippen LogP contribution in [0.4, 0.5) is 10.8 Å². The fraction of sp³-hybridized carbons (Fsp3) is 0.421. The molecule has 1 aromatic carbocycles. The molecular weight excluding hydrogens is 352 g/mol. The van der Waals surface area contributed by atoms with Crippen LogP contribution in [-0.4, -0.2) is 22.5 Å². The molecule has 1 aromatic heterocycles. The van der Waals surface area contributed by atoms with Gasteiger partial charge in [0.2, 0.25) is 0 Å². The van der Waals surface area contributed by atoms with E-state index in [1.807, 2.05) is 49.6 Å². The maximum Gasteiger partial charge on any atom is 0.324 e. The summed E-state index contributed by atoms with van der Waals surface area (Å²) >= 11 is 1.43. The fourth-order valence-corrected chi connectivity index (χ4v) is 4.68. The largest absolute Gasteiger partial charge is 0.459 e. The van der Waals surface area contributed by atoms with Crippen LogP contribution in [0.15, 0.2) is 35.7 Å². The highest BCUT2D eigenvalue weighted by Gasteiger charge is 2.67. The van der Waals surface area contributed by atoms with Gasteiger partial charge in [-0.3, -0.25) is 9.59 Å². The topological polar surface area (TPSA) is 77.5 Å². The lowest BCUT2D eigenvalue weighted by atomic mass is 9.75. The highest BCUT2D eigenvalue weighted by Crippen LogP contribution is 2.54. The Morgan fingerprint density at radius 3 is 2.38 bits per heavy atom. The summed E-state index contributed by atoms with van der Waals surface area (Å²) in [6, 6.07) is 9.72. The lowest BCUT2D eigenvalue weighted by Crippen LogP contribution is -2.32. The van der Waals surface area contributed by atoms with E-state index < -0.39 is 28.6 Å². The molecule has 2 aromatic rings. The number of rotatable bonds is 3. The second kappa shape index (κ2) is 5.54. The van der Waals surface area contributed by atoms with Crippen molar-refractivity contribution in [1.29, 1.82) is 0 Å². The maximum atomic E-state index is 12.6. The molecule has 2 aliphatic heterocycles. The van der Waals surface area contributed by atoms with Crippen molar-refractivity contribution >= 4 is 34.1 Å². The zero-order valence-electron chi connectivity index (χ0n) is 14.9. The second-order valence-electron chi connectivity index (χ2n) is 7.73. The first-order chi connectivity index (χ1) is 12.2. The van der Waals surface area contributed by atoms with E-state index in [-0.39, 0.29) is 6.42 Å². The summed E-state index contributed by atoms with van der Waals surface area (Å²) in [7, 11) is 0. The third kappa shape index (κ3) is 2.67. The lowest BCUT2D eigenvalue weighted by Gasteiger charge is -2.20. The first-order valence-corrected chi connectivity index (χ1v) is 9.36. The molecule has 4 rings (SSSR count). The predicted octanol–water partition coefficient (Wildman–Crippen LogP) is 3.76. The number of anilines is 2. The van der Waals surface area contributed by atoms with Gasteiger partial charge in [0.15, 0.2) is 16.1 Å². The van der Waals surface area contributed by atoms with Gasteiger partial charge in [-0.1, -0.05) is 18.2 Å². The number of esters is 2. The van der Waals surface area contributed by atoms with Crippen LogP contribution in [0, 0.1) is 5.41 Å². The van der Waals surface area contributed by atoms with Gasteiger partial charge in [0, 0.05) is 23.9 Å². The van der Waals surface area contributed by atoms with Crippen LogP contribution in [0.25, 0.3) is 0 Å². The van der Waals surface area contributed by atoms with Crippen LogP contribution in [0.2, 0.25) is 0 Å². The fourth-order valence-electron chi connectivity index (χ4n) is 3.82. The zero-order valence-corrected chi connectivity index (χ0v) is 15.7. The Balaban J connectivity index is 1.59. The Bertz CT molecular complexity index is 879. The number of carbonyl (C=O) groups excluding carboxylic acids is 2. The van der Waals surface area contributed by atoms with Gasteiger partial charge in [-0.05, 0) is 32.9 Å². The Morgan fingerprint density at radius 1 is 1.04 bits per heavy atom. The van der Waals surface area contributed by atoms with E-state index in [2.05, 4.69) is 10.3 Å². The Kier molecular flexibility index (Phi) is 3.63. The van der Waals surface area contributed by atoms with Crippen LogP contribution < -0.4 is 5.32 Å². The molecule has 0 aliphatic carbocycles. The smallest absolute Gasteiger partial charge is 0.324 e. The van der Waals surface area contributed by atoms with Gasteiger partial charge in [0.1, 0.15) is 5.60 Å². The number of aromatic nitrogens is 1. The quantitative estimate of drug-likeness (QED) is 0.653. The van der Waals surface area contributed by atoms with Crippen molar-refractivity contribution in [2.24, 2.45) is 5.41 Å². The average Bonchev–Trinajstić information content (AvgIpc) is 3.18. The molecule has 2 atom stereocenters. The normalized spacial score (nSPS) is 29.7. The number of thiazole rings is 1. The van der Waals surface area contributed by atoms with E-state index in [1.54, 1.807) is 6.92 Å². The predicted molar refractivity (Wildman–Crippen MR) is 97.1 cm³/mol. The summed E-state index contributed by atoms with van der Waals surface area (Å²) in [4.78, 5) is 29.6. The van der Waals surface area contributed by atoms with Gasteiger partial charge in [-0.2, -0.15) is 0 Å². The molecule has 136 valence electrons. The Morgan fingerprint density at radius 2 is 1.73 bits per heavy atom. The van der Waals surface area contributed by atoms with E-state index in [4.69, 9.17) is 9.47 Å². The van der Waals surface area contributed by atoms with E-state index in [1.165, 1.54) is 11.3 Å². The molecule has 2 fully saturated rings. The molecule has 26 heavy (non-hydrogen) atoms. The average molecular weight is 372 g/mol. The number of cyclic esters (lactones) is 2. The minimum Gasteiger partial charge on any atom is -0.459 e. The van der Waals surface area contributed by atoms with Crippen LogP contribution in [0.3, 0.4) is 0 Å². The highest BCUT2D eigenvalue weighted by atomic mass is 32.1. The first kappa shape index (κ1) is 17.0.